The highest BCUT2D eigenvalue weighted by atomic mass is 16.2. The summed E-state index contributed by atoms with van der Waals surface area (Å²) in [6.45, 7) is 0. The Morgan fingerprint density at radius 2 is 0.750 bits per heavy atom. The number of ketones is 3. The van der Waals surface area contributed by atoms with Crippen LogP contribution in [-0.4, -0.2) is 34.5 Å². The first-order chi connectivity index (χ1) is 5.46. The Hall–Kier alpha value is -1.98. The largest absolute Gasteiger partial charge is 0.293 e. The molecule has 6 heteroatoms. The molecule has 0 unspecified atom stereocenters. The monoisotopic (exact) mass is 165 g/mol. The molecular weight excluding hydrogens is 162 g/mol. The maximum absolute atomic E-state index is 10.7. The second-order valence-corrected chi connectivity index (χ2v) is 2.11. The highest BCUT2D eigenvalue weighted by molar-refractivity contribution is 7.09. The van der Waals surface area contributed by atoms with Gasteiger partial charge in [-0.25, -0.2) is 0 Å². The highest BCUT2D eigenvalue weighted by Gasteiger charge is 2.39. The molecule has 60 valence electrons. The predicted molar refractivity (Wildman–Crippen MR) is 38.2 cm³/mol. The Bertz CT molecular complexity index is 249. The minimum absolute atomic E-state index is 0.982. The first-order valence-corrected chi connectivity index (χ1v) is 2.86. The lowest BCUT2D eigenvalue weighted by atomic mass is 9.91. The van der Waals surface area contributed by atoms with E-state index in [-0.39, 0.29) is 0 Å². The van der Waals surface area contributed by atoms with Crippen LogP contribution in [0, 0.1) is 16.2 Å². The van der Waals surface area contributed by atoms with Gasteiger partial charge in [0, 0.05) is 0 Å². The van der Waals surface area contributed by atoms with Crippen LogP contribution < -0.4 is 0 Å². The number of hydrogen-bond acceptors (Lipinski definition) is 6. The number of hydrogen-bond donors (Lipinski definition) is 3. The van der Waals surface area contributed by atoms with E-state index >= 15 is 0 Å². The Kier molecular flexibility index (Phi) is 1.53. The van der Waals surface area contributed by atoms with E-state index in [0.29, 0.717) is 0 Å². The SMILES string of the molecule is N=C1C(=O)C(=N)C(=O)C(=N)C1=O. The second-order valence-electron chi connectivity index (χ2n) is 2.11. The van der Waals surface area contributed by atoms with Crippen molar-refractivity contribution in [2.24, 2.45) is 0 Å². The fourth-order valence-corrected chi connectivity index (χ4v) is 0.684. The Morgan fingerprint density at radius 1 is 0.583 bits per heavy atom. The van der Waals surface area contributed by atoms with Crippen LogP contribution in [0.25, 0.3) is 0 Å². The number of carbonyl (C=O) groups excluding carboxylic acids is 3. The zero-order valence-electron chi connectivity index (χ0n) is 5.72. The maximum atomic E-state index is 10.7. The molecule has 0 spiro atoms. The van der Waals surface area contributed by atoms with E-state index in [1.165, 1.54) is 0 Å². The number of nitrogens with one attached hydrogen (secondary N) is 3. The van der Waals surface area contributed by atoms with Crippen molar-refractivity contribution in [3.05, 3.63) is 0 Å². The molecule has 12 heavy (non-hydrogen) atoms. The number of rotatable bonds is 0. The molecule has 6 nitrogen and oxygen atoms in total. The van der Waals surface area contributed by atoms with E-state index in [0.717, 1.165) is 0 Å². The van der Waals surface area contributed by atoms with E-state index in [1.54, 1.807) is 0 Å². The maximum Gasteiger partial charge on any atom is 0.236 e. The normalized spacial score (nSPS) is 19.0. The molecule has 0 saturated heterocycles. The molecule has 0 amide bonds. The van der Waals surface area contributed by atoms with Gasteiger partial charge >= 0.3 is 0 Å². The Balaban J connectivity index is 3.25. The molecular formula is C6H3N3O3. The molecule has 1 aliphatic rings. The van der Waals surface area contributed by atoms with Gasteiger partial charge in [-0.3, -0.25) is 30.6 Å². The van der Waals surface area contributed by atoms with E-state index in [4.69, 9.17) is 16.2 Å². The van der Waals surface area contributed by atoms with Gasteiger partial charge in [-0.15, -0.1) is 0 Å². The summed E-state index contributed by atoms with van der Waals surface area (Å²) < 4.78 is 0. The zero-order valence-corrected chi connectivity index (χ0v) is 5.72. The molecule has 0 aliphatic heterocycles. The number of Topliss-reactive ketones (excluding diaryl/α,β-unsaturated/α-hetero) is 3. The summed E-state index contributed by atoms with van der Waals surface area (Å²) in [6, 6.07) is 0. The molecule has 3 N–H and O–H groups in total. The lowest BCUT2D eigenvalue weighted by molar-refractivity contribution is -0.115. The van der Waals surface area contributed by atoms with Crippen LogP contribution in [0.3, 0.4) is 0 Å². The van der Waals surface area contributed by atoms with E-state index in [1.807, 2.05) is 0 Å². The molecule has 0 atom stereocenters. The molecule has 0 radical (unpaired) electrons. The average Bonchev–Trinajstić information content (AvgIpc) is 2.08. The smallest absolute Gasteiger partial charge is 0.236 e. The lowest BCUT2D eigenvalue weighted by Crippen LogP contribution is -2.48. The second kappa shape index (κ2) is 2.26. The van der Waals surface area contributed by atoms with Gasteiger partial charge in [0.25, 0.3) is 0 Å². The molecule has 0 bridgehead atoms. The zero-order chi connectivity index (χ0) is 9.46. The quantitative estimate of drug-likeness (QED) is 0.416. The van der Waals surface area contributed by atoms with Gasteiger partial charge in [-0.1, -0.05) is 0 Å². The minimum atomic E-state index is -1.21. The van der Waals surface area contributed by atoms with Gasteiger partial charge in [0.1, 0.15) is 0 Å². The Morgan fingerprint density at radius 3 is 0.917 bits per heavy atom. The van der Waals surface area contributed by atoms with Gasteiger partial charge in [0.2, 0.25) is 17.3 Å². The summed E-state index contributed by atoms with van der Waals surface area (Å²) in [6.07, 6.45) is 0. The summed E-state index contributed by atoms with van der Waals surface area (Å²) in [4.78, 5) is 32.1. The first kappa shape index (κ1) is 8.12. The topological polar surface area (TPSA) is 123 Å². The molecule has 1 fully saturated rings. The third kappa shape index (κ3) is 0.815. The summed E-state index contributed by atoms with van der Waals surface area (Å²) in [5.74, 6) is -3.62. The molecule has 0 aromatic carbocycles. The van der Waals surface area contributed by atoms with Crippen LogP contribution in [0.2, 0.25) is 0 Å². The van der Waals surface area contributed by atoms with E-state index in [2.05, 4.69) is 0 Å². The standard InChI is InChI=1S/C6H3N3O3/c7-1-4(10)2(8)6(12)3(9)5(1)11/h7-9H. The summed E-state index contributed by atoms with van der Waals surface area (Å²) in [5.41, 5.74) is -2.95. The molecule has 1 aliphatic carbocycles. The van der Waals surface area contributed by atoms with Crippen LogP contribution >= 0.6 is 0 Å². The van der Waals surface area contributed by atoms with Crippen LogP contribution in [0.5, 0.6) is 0 Å². The van der Waals surface area contributed by atoms with E-state index < -0.39 is 34.5 Å². The fourth-order valence-electron chi connectivity index (χ4n) is 0.684. The van der Waals surface area contributed by atoms with Gasteiger partial charge in [0.05, 0.1) is 0 Å². The van der Waals surface area contributed by atoms with Crippen LogP contribution in [0.15, 0.2) is 0 Å². The van der Waals surface area contributed by atoms with Crippen LogP contribution in [-0.2, 0) is 14.4 Å². The summed E-state index contributed by atoms with van der Waals surface area (Å²) in [7, 11) is 0. The van der Waals surface area contributed by atoms with Crippen molar-refractivity contribution in [2.45, 2.75) is 0 Å². The summed E-state index contributed by atoms with van der Waals surface area (Å²) >= 11 is 0. The predicted octanol–water partition coefficient (Wildman–Crippen LogP) is -1.23. The fraction of sp³-hybridized carbons (Fsp3) is 0. The molecule has 1 rings (SSSR count). The van der Waals surface area contributed by atoms with Gasteiger partial charge in [-0.2, -0.15) is 0 Å². The van der Waals surface area contributed by atoms with Gasteiger partial charge in [-0.05, 0) is 0 Å². The number of carbonyl (C=O) groups is 3. The molecule has 0 aromatic rings. The van der Waals surface area contributed by atoms with E-state index in [9.17, 15) is 14.4 Å². The summed E-state index contributed by atoms with van der Waals surface area (Å²) in [5, 5.41) is 20.5. The van der Waals surface area contributed by atoms with Crippen LogP contribution in [0.4, 0.5) is 0 Å². The van der Waals surface area contributed by atoms with Crippen molar-refractivity contribution in [2.75, 3.05) is 0 Å². The third-order valence-electron chi connectivity index (χ3n) is 1.36. The van der Waals surface area contributed by atoms with Crippen molar-refractivity contribution in [1.82, 2.24) is 0 Å². The average molecular weight is 165 g/mol. The lowest BCUT2D eigenvalue weighted by Gasteiger charge is -2.08. The first-order valence-electron chi connectivity index (χ1n) is 2.86. The minimum Gasteiger partial charge on any atom is -0.293 e. The van der Waals surface area contributed by atoms with Crippen molar-refractivity contribution in [3.8, 4) is 0 Å². The highest BCUT2D eigenvalue weighted by Crippen LogP contribution is 1.98. The third-order valence-corrected chi connectivity index (χ3v) is 1.36. The molecule has 1 saturated carbocycles. The van der Waals surface area contributed by atoms with Crippen LogP contribution in [0.1, 0.15) is 0 Å². The van der Waals surface area contributed by atoms with Crippen molar-refractivity contribution >= 4 is 34.5 Å². The molecule has 0 aromatic heterocycles. The molecule has 0 heterocycles. The van der Waals surface area contributed by atoms with Crippen molar-refractivity contribution in [1.29, 1.82) is 16.2 Å². The van der Waals surface area contributed by atoms with Crippen molar-refractivity contribution in [3.63, 3.8) is 0 Å². The van der Waals surface area contributed by atoms with Crippen molar-refractivity contribution < 1.29 is 14.4 Å². The Labute approximate surface area is 66.1 Å². The van der Waals surface area contributed by atoms with Gasteiger partial charge < -0.3 is 0 Å². The van der Waals surface area contributed by atoms with Gasteiger partial charge in [0.15, 0.2) is 17.1 Å².